The summed E-state index contributed by atoms with van der Waals surface area (Å²) in [5, 5.41) is 4.94. The van der Waals surface area contributed by atoms with Crippen LogP contribution in [0.2, 0.25) is 10.0 Å². The van der Waals surface area contributed by atoms with Crippen molar-refractivity contribution < 1.29 is 0 Å². The molecular formula is C14H14BrCl2NS. The van der Waals surface area contributed by atoms with Gasteiger partial charge in [0.05, 0.1) is 3.79 Å². The molecule has 1 N–H and O–H groups in total. The number of halogens is 3. The van der Waals surface area contributed by atoms with Gasteiger partial charge in [-0.2, -0.15) is 0 Å². The maximum atomic E-state index is 6.25. The zero-order chi connectivity index (χ0) is 13.8. The van der Waals surface area contributed by atoms with Crippen LogP contribution in [0, 0.1) is 0 Å². The summed E-state index contributed by atoms with van der Waals surface area (Å²) in [6, 6.07) is 10.1. The smallest absolute Gasteiger partial charge is 0.0701 e. The Morgan fingerprint density at radius 1 is 1.21 bits per heavy atom. The number of nitrogens with one attached hydrogen (secondary N) is 1. The van der Waals surface area contributed by atoms with E-state index >= 15 is 0 Å². The molecule has 0 bridgehead atoms. The van der Waals surface area contributed by atoms with Crippen LogP contribution < -0.4 is 5.32 Å². The Bertz CT molecular complexity index is 536. The van der Waals surface area contributed by atoms with Gasteiger partial charge in [-0.1, -0.05) is 36.2 Å². The Kier molecular flexibility index (Phi) is 5.72. The fraction of sp³-hybridized carbons (Fsp3) is 0.286. The van der Waals surface area contributed by atoms with Crippen molar-refractivity contribution in [1.82, 2.24) is 5.32 Å². The average molecular weight is 379 g/mol. The molecule has 0 aliphatic heterocycles. The van der Waals surface area contributed by atoms with E-state index in [1.54, 1.807) is 11.3 Å². The molecule has 19 heavy (non-hydrogen) atoms. The molecule has 0 saturated carbocycles. The summed E-state index contributed by atoms with van der Waals surface area (Å²) in [7, 11) is 0. The molecule has 0 aliphatic rings. The van der Waals surface area contributed by atoms with Crippen molar-refractivity contribution in [1.29, 1.82) is 0 Å². The predicted molar refractivity (Wildman–Crippen MR) is 88.6 cm³/mol. The van der Waals surface area contributed by atoms with Gasteiger partial charge in [-0.15, -0.1) is 11.3 Å². The van der Waals surface area contributed by atoms with E-state index in [9.17, 15) is 0 Å². The van der Waals surface area contributed by atoms with Crippen LogP contribution in [-0.2, 0) is 6.42 Å². The van der Waals surface area contributed by atoms with E-state index in [0.717, 1.165) is 32.4 Å². The van der Waals surface area contributed by atoms with Gasteiger partial charge < -0.3 is 5.32 Å². The summed E-state index contributed by atoms with van der Waals surface area (Å²) in [4.78, 5) is 1.28. The lowest BCUT2D eigenvalue weighted by Gasteiger charge is -2.18. The first-order chi connectivity index (χ1) is 9.11. The lowest BCUT2D eigenvalue weighted by atomic mass is 10.0. The molecule has 1 atom stereocenters. The number of hydrogen-bond acceptors (Lipinski definition) is 2. The molecular weight excluding hydrogens is 365 g/mol. The molecule has 0 amide bonds. The zero-order valence-corrected chi connectivity index (χ0v) is 14.3. The SMILES string of the molecule is CCNC(Cc1c(Cl)cccc1Cl)c1ccc(Br)s1. The van der Waals surface area contributed by atoms with Gasteiger partial charge in [0.15, 0.2) is 0 Å². The normalized spacial score (nSPS) is 12.6. The number of hydrogen-bond donors (Lipinski definition) is 1. The molecule has 1 aromatic carbocycles. The Hall–Kier alpha value is -0.0600. The molecule has 0 radical (unpaired) electrons. The third-order valence-electron chi connectivity index (χ3n) is 2.86. The summed E-state index contributed by atoms with van der Waals surface area (Å²) in [6.07, 6.45) is 0.791. The third-order valence-corrected chi connectivity index (χ3v) is 5.30. The van der Waals surface area contributed by atoms with Crippen LogP contribution in [0.5, 0.6) is 0 Å². The summed E-state index contributed by atoms with van der Waals surface area (Å²) < 4.78 is 1.13. The van der Waals surface area contributed by atoms with E-state index in [1.807, 2.05) is 18.2 Å². The standard InChI is InChI=1S/C14H14BrCl2NS/c1-2-18-12(13-6-7-14(15)19-13)8-9-10(16)4-3-5-11(9)17/h3-7,12,18H,2,8H2,1H3. The molecule has 0 spiro atoms. The minimum absolute atomic E-state index is 0.235. The molecule has 2 aromatic rings. The molecule has 102 valence electrons. The van der Waals surface area contributed by atoms with Gasteiger partial charge in [-0.25, -0.2) is 0 Å². The highest BCUT2D eigenvalue weighted by Gasteiger charge is 2.16. The van der Waals surface area contributed by atoms with Gasteiger partial charge in [0.2, 0.25) is 0 Å². The lowest BCUT2D eigenvalue weighted by Crippen LogP contribution is -2.22. The first-order valence-corrected chi connectivity index (χ1v) is 8.40. The van der Waals surface area contributed by atoms with Crippen molar-refractivity contribution in [2.75, 3.05) is 6.54 Å². The maximum absolute atomic E-state index is 6.25. The number of benzene rings is 1. The fourth-order valence-electron chi connectivity index (χ4n) is 1.97. The van der Waals surface area contributed by atoms with E-state index in [4.69, 9.17) is 23.2 Å². The largest absolute Gasteiger partial charge is 0.309 e. The van der Waals surface area contributed by atoms with Crippen molar-refractivity contribution in [2.45, 2.75) is 19.4 Å². The van der Waals surface area contributed by atoms with Crippen LogP contribution in [0.15, 0.2) is 34.1 Å². The highest BCUT2D eigenvalue weighted by molar-refractivity contribution is 9.11. The topological polar surface area (TPSA) is 12.0 Å². The van der Waals surface area contributed by atoms with Crippen molar-refractivity contribution in [2.24, 2.45) is 0 Å². The van der Waals surface area contributed by atoms with Crippen molar-refractivity contribution in [3.8, 4) is 0 Å². The van der Waals surface area contributed by atoms with E-state index in [0.29, 0.717) is 0 Å². The Morgan fingerprint density at radius 2 is 1.89 bits per heavy atom. The van der Waals surface area contributed by atoms with Crippen LogP contribution in [0.25, 0.3) is 0 Å². The maximum Gasteiger partial charge on any atom is 0.0701 e. The molecule has 0 aliphatic carbocycles. The zero-order valence-electron chi connectivity index (χ0n) is 10.4. The van der Waals surface area contributed by atoms with Crippen LogP contribution in [0.1, 0.15) is 23.4 Å². The average Bonchev–Trinajstić information content (AvgIpc) is 2.79. The first kappa shape index (κ1) is 15.3. The quantitative estimate of drug-likeness (QED) is 0.702. The van der Waals surface area contributed by atoms with Crippen molar-refractivity contribution >= 4 is 50.5 Å². The second-order valence-corrected chi connectivity index (χ2v) is 7.47. The summed E-state index contributed by atoms with van der Waals surface area (Å²) in [6.45, 7) is 3.01. The summed E-state index contributed by atoms with van der Waals surface area (Å²) in [5.41, 5.74) is 1.00. The molecule has 2 rings (SSSR count). The number of rotatable bonds is 5. The van der Waals surface area contributed by atoms with Crippen molar-refractivity contribution in [3.63, 3.8) is 0 Å². The first-order valence-electron chi connectivity index (χ1n) is 6.03. The Balaban J connectivity index is 2.26. The summed E-state index contributed by atoms with van der Waals surface area (Å²) in [5.74, 6) is 0. The molecule has 1 nitrogen and oxygen atoms in total. The fourth-order valence-corrected chi connectivity index (χ4v) is 4.02. The highest BCUT2D eigenvalue weighted by atomic mass is 79.9. The van der Waals surface area contributed by atoms with Crippen LogP contribution in [0.4, 0.5) is 0 Å². The molecule has 5 heteroatoms. The van der Waals surface area contributed by atoms with Gasteiger partial charge in [0.25, 0.3) is 0 Å². The van der Waals surface area contributed by atoms with E-state index in [1.165, 1.54) is 4.88 Å². The Labute approximate surface area is 136 Å². The molecule has 1 aromatic heterocycles. The molecule has 0 fully saturated rings. The molecule has 1 unspecified atom stereocenters. The predicted octanol–water partition coefficient (Wildman–Crippen LogP) is 5.71. The molecule has 0 saturated heterocycles. The lowest BCUT2D eigenvalue weighted by molar-refractivity contribution is 0.558. The van der Waals surface area contributed by atoms with Gasteiger partial charge in [0, 0.05) is 21.0 Å². The number of thiophene rings is 1. The monoisotopic (exact) mass is 377 g/mol. The van der Waals surface area contributed by atoms with E-state index in [2.05, 4.69) is 40.3 Å². The van der Waals surface area contributed by atoms with Gasteiger partial charge in [0.1, 0.15) is 0 Å². The summed E-state index contributed by atoms with van der Waals surface area (Å²) >= 11 is 17.7. The van der Waals surface area contributed by atoms with E-state index in [-0.39, 0.29) is 6.04 Å². The van der Waals surface area contributed by atoms with Gasteiger partial charge >= 0.3 is 0 Å². The van der Waals surface area contributed by atoms with E-state index < -0.39 is 0 Å². The number of likely N-dealkylation sites (N-methyl/N-ethyl adjacent to an activating group) is 1. The van der Waals surface area contributed by atoms with Crippen LogP contribution in [-0.4, -0.2) is 6.54 Å². The minimum atomic E-state index is 0.235. The third kappa shape index (κ3) is 3.96. The Morgan fingerprint density at radius 3 is 2.42 bits per heavy atom. The second-order valence-electron chi connectivity index (χ2n) is 4.16. The van der Waals surface area contributed by atoms with Crippen molar-refractivity contribution in [3.05, 3.63) is 54.6 Å². The molecule has 1 heterocycles. The second kappa shape index (κ2) is 7.09. The van der Waals surface area contributed by atoms with Gasteiger partial charge in [-0.3, -0.25) is 0 Å². The highest BCUT2D eigenvalue weighted by Crippen LogP contribution is 2.33. The minimum Gasteiger partial charge on any atom is -0.309 e. The van der Waals surface area contributed by atoms with Crippen LogP contribution in [0.3, 0.4) is 0 Å². The van der Waals surface area contributed by atoms with Crippen LogP contribution >= 0.6 is 50.5 Å². The van der Waals surface area contributed by atoms with Gasteiger partial charge in [-0.05, 0) is 58.7 Å².